The summed E-state index contributed by atoms with van der Waals surface area (Å²) < 4.78 is 49.6. The summed E-state index contributed by atoms with van der Waals surface area (Å²) in [6, 6.07) is 13.0. The first-order valence-electron chi connectivity index (χ1n) is 10.7. The summed E-state index contributed by atoms with van der Waals surface area (Å²) >= 11 is 0. The second kappa shape index (κ2) is 10.8. The molecular weight excluding hydrogens is 421 g/mol. The predicted octanol–water partition coefficient (Wildman–Crippen LogP) is 4.40. The zero-order valence-electron chi connectivity index (χ0n) is 18.3. The second-order valence-corrected chi connectivity index (χ2v) is 8.06. The minimum Gasteiger partial charge on any atom is -0.497 e. The number of alkyl halides is 3. The normalized spacial score (nSPS) is 16.5. The van der Waals surface area contributed by atoms with Crippen LogP contribution in [0.25, 0.3) is 0 Å². The molecule has 5 nitrogen and oxygen atoms in total. The summed E-state index contributed by atoms with van der Waals surface area (Å²) in [4.78, 5) is 14.6. The molecule has 1 aliphatic rings. The van der Waals surface area contributed by atoms with Crippen molar-refractivity contribution in [2.45, 2.75) is 51.2 Å². The molecule has 0 spiro atoms. The maximum atomic E-state index is 12.9. The highest BCUT2D eigenvalue weighted by Crippen LogP contribution is 2.30. The molecule has 1 N–H and O–H groups in total. The summed E-state index contributed by atoms with van der Waals surface area (Å²) in [5.74, 6) is 0.573. The third kappa shape index (κ3) is 6.97. The van der Waals surface area contributed by atoms with Crippen LogP contribution in [0.2, 0.25) is 0 Å². The highest BCUT2D eigenvalue weighted by molar-refractivity contribution is 5.80. The molecule has 2 aromatic rings. The van der Waals surface area contributed by atoms with Crippen molar-refractivity contribution in [2.75, 3.05) is 20.2 Å². The van der Waals surface area contributed by atoms with E-state index in [0.717, 1.165) is 30.2 Å². The van der Waals surface area contributed by atoms with E-state index in [0.29, 0.717) is 31.8 Å². The van der Waals surface area contributed by atoms with Crippen LogP contribution in [-0.4, -0.2) is 43.2 Å². The Kier molecular flexibility index (Phi) is 8.15. The quantitative estimate of drug-likeness (QED) is 0.648. The molecule has 1 aliphatic heterocycles. The van der Waals surface area contributed by atoms with Gasteiger partial charge in [0.15, 0.2) is 0 Å². The van der Waals surface area contributed by atoms with Gasteiger partial charge in [0.2, 0.25) is 5.91 Å². The average molecular weight is 451 g/mol. The zero-order valence-corrected chi connectivity index (χ0v) is 18.3. The van der Waals surface area contributed by atoms with Crippen molar-refractivity contribution in [1.82, 2.24) is 10.2 Å². The van der Waals surface area contributed by atoms with Crippen LogP contribution in [0.5, 0.6) is 5.75 Å². The van der Waals surface area contributed by atoms with Crippen LogP contribution < -0.4 is 10.1 Å². The molecule has 1 heterocycles. The zero-order chi connectivity index (χ0) is 23.1. The van der Waals surface area contributed by atoms with E-state index in [1.165, 1.54) is 12.1 Å². The van der Waals surface area contributed by atoms with Gasteiger partial charge in [-0.05, 0) is 49.1 Å². The Labute approximate surface area is 186 Å². The Morgan fingerprint density at radius 3 is 2.50 bits per heavy atom. The monoisotopic (exact) mass is 450 g/mol. The van der Waals surface area contributed by atoms with Crippen LogP contribution >= 0.6 is 0 Å². The van der Waals surface area contributed by atoms with Gasteiger partial charge in [0.1, 0.15) is 11.9 Å². The molecule has 1 amide bonds. The van der Waals surface area contributed by atoms with Gasteiger partial charge < -0.3 is 14.8 Å². The van der Waals surface area contributed by atoms with E-state index in [4.69, 9.17) is 9.47 Å². The summed E-state index contributed by atoms with van der Waals surface area (Å²) in [5.41, 5.74) is 0.939. The highest BCUT2D eigenvalue weighted by Gasteiger charge is 2.30. The van der Waals surface area contributed by atoms with Gasteiger partial charge in [0.25, 0.3) is 0 Å². The van der Waals surface area contributed by atoms with Crippen LogP contribution in [-0.2, 0) is 28.9 Å². The number of carbonyl (C=O) groups excluding carboxylic acids is 1. The maximum Gasteiger partial charge on any atom is 0.416 e. The highest BCUT2D eigenvalue weighted by atomic mass is 19.4. The van der Waals surface area contributed by atoms with E-state index < -0.39 is 17.8 Å². The summed E-state index contributed by atoms with van der Waals surface area (Å²) in [6.45, 7) is 3.91. The lowest BCUT2D eigenvalue weighted by Crippen LogP contribution is -2.47. The number of likely N-dealkylation sites (tertiary alicyclic amines) is 1. The average Bonchev–Trinajstić information content (AvgIpc) is 2.78. The Bertz CT molecular complexity index is 896. The number of carbonyl (C=O) groups is 1. The van der Waals surface area contributed by atoms with Gasteiger partial charge in [-0.3, -0.25) is 9.69 Å². The topological polar surface area (TPSA) is 50.8 Å². The standard InChI is InChI=1S/C24H29F3N2O3/c1-17(32-16-19-6-4-8-22(14-19)31-2)23(30)28-21-9-11-29(12-10-21)15-18-5-3-7-20(13-18)24(25,26)27/h3-8,13-14,17,21H,9-12,15-16H2,1-2H3,(H,28,30). The lowest BCUT2D eigenvalue weighted by molar-refractivity contribution is -0.137. The van der Waals surface area contributed by atoms with E-state index in [1.807, 2.05) is 24.3 Å². The lowest BCUT2D eigenvalue weighted by atomic mass is 10.0. The van der Waals surface area contributed by atoms with E-state index in [2.05, 4.69) is 10.2 Å². The van der Waals surface area contributed by atoms with Crippen LogP contribution in [0, 0.1) is 0 Å². The van der Waals surface area contributed by atoms with Gasteiger partial charge in [-0.2, -0.15) is 13.2 Å². The molecule has 2 aromatic carbocycles. The third-order valence-electron chi connectivity index (χ3n) is 5.60. The molecule has 174 valence electrons. The number of nitrogens with one attached hydrogen (secondary N) is 1. The summed E-state index contributed by atoms with van der Waals surface area (Å²) in [7, 11) is 1.60. The fourth-order valence-electron chi connectivity index (χ4n) is 3.72. The van der Waals surface area contributed by atoms with Gasteiger partial charge in [0.05, 0.1) is 19.3 Å². The number of amides is 1. The first-order chi connectivity index (χ1) is 15.2. The fraction of sp³-hybridized carbons (Fsp3) is 0.458. The molecule has 1 unspecified atom stereocenters. The largest absolute Gasteiger partial charge is 0.497 e. The number of benzene rings is 2. The minimum absolute atomic E-state index is 0.0307. The van der Waals surface area contributed by atoms with Crippen molar-refractivity contribution in [3.63, 3.8) is 0 Å². The molecule has 0 radical (unpaired) electrons. The summed E-state index contributed by atoms with van der Waals surface area (Å²) in [5, 5.41) is 3.03. The van der Waals surface area contributed by atoms with Crippen molar-refractivity contribution in [3.8, 4) is 5.75 Å². The predicted molar refractivity (Wildman–Crippen MR) is 115 cm³/mol. The molecule has 0 bridgehead atoms. The van der Waals surface area contributed by atoms with Crippen molar-refractivity contribution in [3.05, 3.63) is 65.2 Å². The first kappa shape index (κ1) is 24.1. The number of ether oxygens (including phenoxy) is 2. The van der Waals surface area contributed by atoms with Crippen molar-refractivity contribution in [1.29, 1.82) is 0 Å². The van der Waals surface area contributed by atoms with Gasteiger partial charge in [-0.25, -0.2) is 0 Å². The van der Waals surface area contributed by atoms with E-state index in [1.54, 1.807) is 20.1 Å². The lowest BCUT2D eigenvalue weighted by Gasteiger charge is -2.33. The Hall–Kier alpha value is -2.58. The molecule has 32 heavy (non-hydrogen) atoms. The Morgan fingerprint density at radius 2 is 1.81 bits per heavy atom. The number of methoxy groups -OCH3 is 1. The van der Waals surface area contributed by atoms with Gasteiger partial charge in [-0.1, -0.05) is 30.3 Å². The van der Waals surface area contributed by atoms with E-state index in [9.17, 15) is 18.0 Å². The van der Waals surface area contributed by atoms with Crippen molar-refractivity contribution >= 4 is 5.91 Å². The van der Waals surface area contributed by atoms with Gasteiger partial charge >= 0.3 is 6.18 Å². The molecule has 0 aromatic heterocycles. The van der Waals surface area contributed by atoms with E-state index in [-0.39, 0.29) is 11.9 Å². The maximum absolute atomic E-state index is 12.9. The number of hydrogen-bond acceptors (Lipinski definition) is 4. The first-order valence-corrected chi connectivity index (χ1v) is 10.7. The number of rotatable bonds is 8. The molecule has 0 saturated carbocycles. The molecule has 8 heteroatoms. The SMILES string of the molecule is COc1cccc(COC(C)C(=O)NC2CCN(Cc3cccc(C(F)(F)F)c3)CC2)c1. The van der Waals surface area contributed by atoms with E-state index >= 15 is 0 Å². The van der Waals surface area contributed by atoms with Crippen LogP contribution in [0.4, 0.5) is 13.2 Å². The van der Waals surface area contributed by atoms with Crippen molar-refractivity contribution in [2.24, 2.45) is 0 Å². The molecule has 1 saturated heterocycles. The second-order valence-electron chi connectivity index (χ2n) is 8.06. The molecule has 1 atom stereocenters. The minimum atomic E-state index is -4.33. The smallest absolute Gasteiger partial charge is 0.416 e. The van der Waals surface area contributed by atoms with Gasteiger partial charge in [-0.15, -0.1) is 0 Å². The van der Waals surface area contributed by atoms with Crippen LogP contribution in [0.15, 0.2) is 48.5 Å². The fourth-order valence-corrected chi connectivity index (χ4v) is 3.72. The number of piperidine rings is 1. The Balaban J connectivity index is 1.41. The van der Waals surface area contributed by atoms with Crippen molar-refractivity contribution < 1.29 is 27.4 Å². The molecule has 1 fully saturated rings. The Morgan fingerprint density at radius 1 is 1.12 bits per heavy atom. The molecule has 3 rings (SSSR count). The third-order valence-corrected chi connectivity index (χ3v) is 5.60. The van der Waals surface area contributed by atoms with Crippen LogP contribution in [0.3, 0.4) is 0 Å². The summed E-state index contributed by atoms with van der Waals surface area (Å²) in [6.07, 6.45) is -3.44. The van der Waals surface area contributed by atoms with Gasteiger partial charge in [0, 0.05) is 25.7 Å². The van der Waals surface area contributed by atoms with Crippen LogP contribution in [0.1, 0.15) is 36.5 Å². The number of hydrogen-bond donors (Lipinski definition) is 1. The number of nitrogens with zero attached hydrogens (tertiary/aromatic N) is 1. The number of halogens is 3. The molecule has 0 aliphatic carbocycles. The molecular formula is C24H29F3N2O3.